The van der Waals surface area contributed by atoms with E-state index in [1.54, 1.807) is 0 Å². The van der Waals surface area contributed by atoms with Gasteiger partial charge in [0.2, 0.25) is 0 Å². The van der Waals surface area contributed by atoms with E-state index in [4.69, 9.17) is 16.9 Å². The molecule has 0 aromatic carbocycles. The zero-order valence-electron chi connectivity index (χ0n) is 9.05. The van der Waals surface area contributed by atoms with Gasteiger partial charge in [0.25, 0.3) is 0 Å². The van der Waals surface area contributed by atoms with Gasteiger partial charge in [-0.2, -0.15) is 18.4 Å². The smallest absolute Gasteiger partial charge is 0.305 e. The second kappa shape index (κ2) is 6.41. The highest BCUT2D eigenvalue weighted by molar-refractivity contribution is 7.59. The van der Waals surface area contributed by atoms with E-state index in [-0.39, 0.29) is 13.2 Å². The molecule has 17 heavy (non-hydrogen) atoms. The average Bonchev–Trinajstić information content (AvgIpc) is 2.17. The minimum absolute atomic E-state index is 0.176. The second-order valence-corrected chi connectivity index (χ2v) is 4.94. The van der Waals surface area contributed by atoms with Crippen LogP contribution in [-0.2, 0) is 13.6 Å². The molecule has 0 aliphatic rings. The second-order valence-electron chi connectivity index (χ2n) is 2.61. The fourth-order valence-electron chi connectivity index (χ4n) is 0.871. The average molecular weight is 292 g/mol. The summed E-state index contributed by atoms with van der Waals surface area (Å²) in [5, 5.41) is 5.61. The van der Waals surface area contributed by atoms with Crippen LogP contribution in [0.25, 0.3) is 0 Å². The van der Waals surface area contributed by atoms with Gasteiger partial charge in [-0.05, 0) is 13.8 Å². The Morgan fingerprint density at radius 3 is 2.00 bits per heavy atom. The molecule has 0 spiro atoms. The maximum absolute atomic E-state index is 12.3. The molecule has 0 aromatic rings. The van der Waals surface area contributed by atoms with Gasteiger partial charge in [-0.3, -0.25) is 4.57 Å². The van der Waals surface area contributed by atoms with Gasteiger partial charge in [-0.15, -0.1) is 0 Å². The van der Waals surface area contributed by atoms with Crippen LogP contribution in [0.15, 0.2) is 10.3 Å². The first kappa shape index (κ1) is 16.5. The summed E-state index contributed by atoms with van der Waals surface area (Å²) in [5.74, 6) is 0. The number of allylic oxidation sites excluding steroid dienone is 2. The topological polar surface area (TPSA) is 59.3 Å². The minimum atomic E-state index is -4.98. The van der Waals surface area contributed by atoms with Crippen LogP contribution >= 0.6 is 19.2 Å². The van der Waals surface area contributed by atoms with E-state index >= 15 is 0 Å². The largest absolute Gasteiger partial charge is 0.428 e. The number of hydrogen-bond acceptors (Lipinski definition) is 4. The van der Waals surface area contributed by atoms with E-state index in [9.17, 15) is 17.7 Å². The maximum Gasteiger partial charge on any atom is 0.428 e. The minimum Gasteiger partial charge on any atom is -0.305 e. The molecule has 0 amide bonds. The lowest BCUT2D eigenvalue weighted by molar-refractivity contribution is -0.0848. The summed E-state index contributed by atoms with van der Waals surface area (Å²) in [7, 11) is -4.32. The maximum atomic E-state index is 12.3. The van der Waals surface area contributed by atoms with Crippen molar-refractivity contribution in [2.24, 2.45) is 0 Å². The summed E-state index contributed by atoms with van der Waals surface area (Å²) in [6.07, 6.45) is -4.98. The Labute approximate surface area is 101 Å². The van der Waals surface area contributed by atoms with Crippen LogP contribution in [0, 0.1) is 11.3 Å². The number of alkyl halides is 3. The normalized spacial score (nSPS) is 14.2. The molecule has 98 valence electrons. The van der Waals surface area contributed by atoms with E-state index in [2.05, 4.69) is 9.05 Å². The Hall–Kier alpha value is -0.540. The fraction of sp³-hybridized carbons (Fsp3) is 0.625. The molecule has 0 heterocycles. The summed E-state index contributed by atoms with van der Waals surface area (Å²) in [6, 6.07) is 1.13. The van der Waals surface area contributed by atoms with Crippen LogP contribution in [0.2, 0.25) is 0 Å². The van der Waals surface area contributed by atoms with Crippen LogP contribution in [0.3, 0.4) is 0 Å². The molecule has 0 aliphatic carbocycles. The summed E-state index contributed by atoms with van der Waals surface area (Å²) in [6.45, 7) is 2.46. The molecule has 0 atom stereocenters. The van der Waals surface area contributed by atoms with Gasteiger partial charge in [0.15, 0.2) is 5.31 Å². The predicted molar refractivity (Wildman–Crippen MR) is 55.4 cm³/mol. The highest BCUT2D eigenvalue weighted by atomic mass is 35.5. The van der Waals surface area contributed by atoms with Gasteiger partial charge in [-0.25, -0.2) is 0 Å². The molecule has 0 unspecified atom stereocenters. The van der Waals surface area contributed by atoms with Gasteiger partial charge in [0, 0.05) is 0 Å². The highest BCUT2D eigenvalue weighted by Crippen LogP contribution is 2.58. The van der Waals surface area contributed by atoms with Crippen molar-refractivity contribution in [1.29, 1.82) is 5.26 Å². The molecule has 0 radical (unpaired) electrons. The van der Waals surface area contributed by atoms with Crippen LogP contribution in [0.1, 0.15) is 13.8 Å². The summed E-state index contributed by atoms with van der Waals surface area (Å²) < 4.78 is 58.1. The monoisotopic (exact) mass is 291 g/mol. The summed E-state index contributed by atoms with van der Waals surface area (Å²) in [4.78, 5) is 0. The van der Waals surface area contributed by atoms with Crippen LogP contribution in [0.5, 0.6) is 0 Å². The van der Waals surface area contributed by atoms with E-state index in [0.717, 1.165) is 6.07 Å². The Bertz CT molecular complexity index is 378. The number of nitrogens with zero attached hydrogens (tertiary/aromatic N) is 1. The number of nitriles is 1. The van der Waals surface area contributed by atoms with Crippen molar-refractivity contribution in [3.8, 4) is 6.07 Å². The van der Waals surface area contributed by atoms with Gasteiger partial charge in [0.05, 0.1) is 13.2 Å². The molecule has 9 heteroatoms. The molecule has 0 bridgehead atoms. The van der Waals surface area contributed by atoms with Gasteiger partial charge >= 0.3 is 13.8 Å². The SMILES string of the molecule is CCOP(=O)(OCC)/C(C#N)=C(/Cl)C(F)(F)F. The van der Waals surface area contributed by atoms with Crippen molar-refractivity contribution < 1.29 is 26.8 Å². The third kappa shape index (κ3) is 4.32. The van der Waals surface area contributed by atoms with Crippen LogP contribution in [0.4, 0.5) is 13.2 Å². The van der Waals surface area contributed by atoms with Crippen molar-refractivity contribution in [2.75, 3.05) is 13.2 Å². The van der Waals surface area contributed by atoms with E-state index in [0.29, 0.717) is 0 Å². The van der Waals surface area contributed by atoms with Gasteiger partial charge in [-0.1, -0.05) is 11.6 Å². The van der Waals surface area contributed by atoms with E-state index in [1.165, 1.54) is 13.8 Å². The van der Waals surface area contributed by atoms with Crippen molar-refractivity contribution >= 4 is 19.2 Å². The Balaban J connectivity index is 5.65. The van der Waals surface area contributed by atoms with E-state index in [1.807, 2.05) is 0 Å². The van der Waals surface area contributed by atoms with Crippen molar-refractivity contribution in [1.82, 2.24) is 0 Å². The first-order chi connectivity index (χ1) is 7.72. The fourth-order valence-corrected chi connectivity index (χ4v) is 2.73. The molecule has 0 N–H and O–H groups in total. The third-order valence-corrected chi connectivity index (χ3v) is 4.04. The number of hydrogen-bond donors (Lipinski definition) is 0. The first-order valence-electron chi connectivity index (χ1n) is 4.49. The molecule has 0 saturated heterocycles. The number of halogens is 4. The Kier molecular flexibility index (Phi) is 6.20. The Morgan fingerprint density at radius 1 is 1.35 bits per heavy atom. The predicted octanol–water partition coefficient (Wildman–Crippen LogP) is 3.79. The molecule has 0 aromatic heterocycles. The highest BCUT2D eigenvalue weighted by Gasteiger charge is 2.43. The van der Waals surface area contributed by atoms with Crippen molar-refractivity contribution in [3.05, 3.63) is 10.3 Å². The van der Waals surface area contributed by atoms with Gasteiger partial charge < -0.3 is 9.05 Å². The lowest BCUT2D eigenvalue weighted by atomic mass is 10.5. The van der Waals surface area contributed by atoms with Crippen molar-refractivity contribution in [3.63, 3.8) is 0 Å². The summed E-state index contributed by atoms with van der Waals surface area (Å²) in [5.41, 5.74) is 0. The standard InChI is InChI=1S/C8H10ClF3NO3P/c1-3-15-17(14,16-4-2)6(5-13)7(9)8(10,11)12/h3-4H2,1-2H3/b7-6+. The van der Waals surface area contributed by atoms with Crippen molar-refractivity contribution in [2.45, 2.75) is 20.0 Å². The van der Waals surface area contributed by atoms with Crippen LogP contribution in [-0.4, -0.2) is 19.4 Å². The quantitative estimate of drug-likeness (QED) is 0.571. The molecule has 0 saturated carbocycles. The van der Waals surface area contributed by atoms with Gasteiger partial charge in [0.1, 0.15) is 11.1 Å². The molecular weight excluding hydrogens is 282 g/mol. The molecule has 0 aliphatic heterocycles. The first-order valence-corrected chi connectivity index (χ1v) is 6.41. The van der Waals surface area contributed by atoms with Crippen LogP contribution < -0.4 is 0 Å². The molecular formula is C8H10ClF3NO3P. The Morgan fingerprint density at radius 2 is 1.76 bits per heavy atom. The lowest BCUT2D eigenvalue weighted by Crippen LogP contribution is -2.11. The lowest BCUT2D eigenvalue weighted by Gasteiger charge is -2.17. The number of rotatable bonds is 5. The zero-order chi connectivity index (χ0) is 13.7. The van der Waals surface area contributed by atoms with E-state index < -0.39 is 24.1 Å². The molecule has 0 fully saturated rings. The third-order valence-electron chi connectivity index (χ3n) is 1.43. The molecule has 0 rings (SSSR count). The molecule has 4 nitrogen and oxygen atoms in total. The summed E-state index contributed by atoms with van der Waals surface area (Å²) >= 11 is 4.98. The zero-order valence-corrected chi connectivity index (χ0v) is 10.7.